The molecular weight excluding hydrogens is 224 g/mol. The molecule has 0 amide bonds. The van der Waals surface area contributed by atoms with E-state index in [0.29, 0.717) is 0 Å². The molecule has 0 radical (unpaired) electrons. The first-order valence-electron chi connectivity index (χ1n) is 6.19. The van der Waals surface area contributed by atoms with Crippen molar-refractivity contribution >= 4 is 0 Å². The van der Waals surface area contributed by atoms with E-state index in [1.54, 1.807) is 6.20 Å². The van der Waals surface area contributed by atoms with Gasteiger partial charge in [0.1, 0.15) is 0 Å². The summed E-state index contributed by atoms with van der Waals surface area (Å²) >= 11 is 0. The summed E-state index contributed by atoms with van der Waals surface area (Å²) in [6, 6.07) is 6.34. The van der Waals surface area contributed by atoms with Gasteiger partial charge >= 0.3 is 0 Å². The van der Waals surface area contributed by atoms with Crippen LogP contribution in [0.1, 0.15) is 37.5 Å². The molecule has 0 aliphatic carbocycles. The predicted octanol–water partition coefficient (Wildman–Crippen LogP) is 2.72. The van der Waals surface area contributed by atoms with E-state index in [9.17, 15) is 5.11 Å². The van der Waals surface area contributed by atoms with Crippen LogP contribution in [0.25, 0.3) is 0 Å². The summed E-state index contributed by atoms with van der Waals surface area (Å²) in [6.07, 6.45) is 5.53. The second-order valence-electron chi connectivity index (χ2n) is 5.68. The van der Waals surface area contributed by atoms with Gasteiger partial charge in [0.2, 0.25) is 0 Å². The molecule has 0 bridgehead atoms. The summed E-state index contributed by atoms with van der Waals surface area (Å²) in [5.74, 6) is 0. The molecule has 0 aliphatic heterocycles. The molecule has 1 N–H and O–H groups in total. The average molecular weight is 244 g/mol. The van der Waals surface area contributed by atoms with Gasteiger partial charge in [-0.25, -0.2) is 4.98 Å². The largest absolute Gasteiger partial charge is 0.392 e. The number of aliphatic hydroxyl groups is 1. The molecule has 0 saturated carbocycles. The van der Waals surface area contributed by atoms with Gasteiger partial charge in [0.25, 0.3) is 0 Å². The van der Waals surface area contributed by atoms with Crippen LogP contribution in [0.5, 0.6) is 0 Å². The van der Waals surface area contributed by atoms with Gasteiger partial charge in [-0.1, -0.05) is 39.0 Å². The normalized spacial score (nSPS) is 11.8. The Morgan fingerprint density at radius 3 is 2.44 bits per heavy atom. The molecule has 2 rings (SSSR count). The van der Waals surface area contributed by atoms with E-state index in [-0.39, 0.29) is 12.0 Å². The number of benzene rings is 1. The summed E-state index contributed by atoms with van der Waals surface area (Å²) in [5.41, 5.74) is 3.51. The third kappa shape index (κ3) is 2.99. The van der Waals surface area contributed by atoms with E-state index in [4.69, 9.17) is 0 Å². The number of aliphatic hydroxyl groups excluding tert-OH is 1. The highest BCUT2D eigenvalue weighted by Gasteiger charge is 2.15. The second-order valence-corrected chi connectivity index (χ2v) is 5.68. The number of rotatable bonds is 3. The Balaban J connectivity index is 2.35. The van der Waals surface area contributed by atoms with Gasteiger partial charge in [0.15, 0.2) is 0 Å². The van der Waals surface area contributed by atoms with E-state index < -0.39 is 0 Å². The highest BCUT2D eigenvalue weighted by atomic mass is 16.3. The number of imidazole rings is 1. The summed E-state index contributed by atoms with van der Waals surface area (Å²) in [4.78, 5) is 4.05. The topological polar surface area (TPSA) is 38.0 Å². The fourth-order valence-electron chi connectivity index (χ4n) is 1.97. The predicted molar refractivity (Wildman–Crippen MR) is 72.4 cm³/mol. The SMILES string of the molecule is CC(C)(C)c1cc(CO)cc(Cn2ccnc2)c1. The second kappa shape index (κ2) is 4.94. The lowest BCUT2D eigenvalue weighted by Gasteiger charge is -2.21. The summed E-state index contributed by atoms with van der Waals surface area (Å²) in [7, 11) is 0. The number of hydrogen-bond acceptors (Lipinski definition) is 2. The highest BCUT2D eigenvalue weighted by Crippen LogP contribution is 2.25. The third-order valence-corrected chi connectivity index (χ3v) is 3.03. The van der Waals surface area contributed by atoms with Crippen LogP contribution in [0.2, 0.25) is 0 Å². The van der Waals surface area contributed by atoms with Gasteiger partial charge in [-0.15, -0.1) is 0 Å². The lowest BCUT2D eigenvalue weighted by atomic mass is 9.85. The minimum atomic E-state index is 0.0842. The molecule has 1 aromatic heterocycles. The zero-order valence-corrected chi connectivity index (χ0v) is 11.2. The maximum absolute atomic E-state index is 9.36. The summed E-state index contributed by atoms with van der Waals surface area (Å²) in [6.45, 7) is 7.43. The number of aromatic nitrogens is 2. The minimum Gasteiger partial charge on any atom is -0.392 e. The van der Waals surface area contributed by atoms with Crippen LogP contribution in [0.15, 0.2) is 36.9 Å². The molecule has 1 aromatic carbocycles. The monoisotopic (exact) mass is 244 g/mol. The zero-order valence-electron chi connectivity index (χ0n) is 11.2. The van der Waals surface area contributed by atoms with E-state index in [1.165, 1.54) is 11.1 Å². The van der Waals surface area contributed by atoms with E-state index in [1.807, 2.05) is 17.1 Å². The number of hydrogen-bond donors (Lipinski definition) is 1. The van der Waals surface area contributed by atoms with E-state index in [2.05, 4.69) is 44.0 Å². The highest BCUT2D eigenvalue weighted by molar-refractivity contribution is 5.34. The van der Waals surface area contributed by atoms with Crippen molar-refractivity contribution in [3.8, 4) is 0 Å². The molecule has 2 aromatic rings. The fourth-order valence-corrected chi connectivity index (χ4v) is 1.97. The van der Waals surface area contributed by atoms with Crippen LogP contribution in [-0.2, 0) is 18.6 Å². The van der Waals surface area contributed by atoms with Gasteiger partial charge in [0.05, 0.1) is 12.9 Å². The van der Waals surface area contributed by atoms with Crippen LogP contribution >= 0.6 is 0 Å². The minimum absolute atomic E-state index is 0.0842. The van der Waals surface area contributed by atoms with Gasteiger partial charge in [-0.2, -0.15) is 0 Å². The molecule has 0 saturated heterocycles. The third-order valence-electron chi connectivity index (χ3n) is 3.03. The van der Waals surface area contributed by atoms with Gasteiger partial charge in [-0.05, 0) is 22.1 Å². The smallest absolute Gasteiger partial charge is 0.0949 e. The van der Waals surface area contributed by atoms with Crippen molar-refractivity contribution in [1.29, 1.82) is 0 Å². The Morgan fingerprint density at radius 1 is 1.17 bits per heavy atom. The van der Waals surface area contributed by atoms with Crippen molar-refractivity contribution in [2.75, 3.05) is 0 Å². The molecule has 3 nitrogen and oxygen atoms in total. The van der Waals surface area contributed by atoms with Gasteiger partial charge in [-0.3, -0.25) is 0 Å². The first kappa shape index (κ1) is 12.8. The molecule has 0 unspecified atom stereocenters. The van der Waals surface area contributed by atoms with Crippen LogP contribution in [0.4, 0.5) is 0 Å². The molecular formula is C15H20N2O. The fraction of sp³-hybridized carbons (Fsp3) is 0.400. The first-order chi connectivity index (χ1) is 8.49. The van der Waals surface area contributed by atoms with Crippen LogP contribution in [-0.4, -0.2) is 14.7 Å². The van der Waals surface area contributed by atoms with Crippen molar-refractivity contribution in [2.24, 2.45) is 0 Å². The quantitative estimate of drug-likeness (QED) is 0.901. The molecule has 0 spiro atoms. The van der Waals surface area contributed by atoms with Crippen molar-refractivity contribution in [3.05, 3.63) is 53.6 Å². The van der Waals surface area contributed by atoms with Crippen molar-refractivity contribution in [1.82, 2.24) is 9.55 Å². The van der Waals surface area contributed by atoms with Gasteiger partial charge in [0, 0.05) is 18.9 Å². The Hall–Kier alpha value is -1.61. The molecule has 0 aliphatic rings. The molecule has 3 heteroatoms. The molecule has 1 heterocycles. The number of nitrogens with zero attached hydrogens (tertiary/aromatic N) is 2. The Labute approximate surface area is 108 Å². The summed E-state index contributed by atoms with van der Waals surface area (Å²) < 4.78 is 2.03. The lowest BCUT2D eigenvalue weighted by molar-refractivity contribution is 0.281. The summed E-state index contributed by atoms with van der Waals surface area (Å²) in [5, 5.41) is 9.36. The van der Waals surface area contributed by atoms with Crippen molar-refractivity contribution < 1.29 is 5.11 Å². The molecule has 0 atom stereocenters. The van der Waals surface area contributed by atoms with E-state index >= 15 is 0 Å². The maximum atomic E-state index is 9.36. The molecule has 96 valence electrons. The first-order valence-corrected chi connectivity index (χ1v) is 6.19. The Morgan fingerprint density at radius 2 is 1.89 bits per heavy atom. The Kier molecular flexibility index (Phi) is 3.53. The molecule has 0 fully saturated rings. The van der Waals surface area contributed by atoms with Crippen molar-refractivity contribution in [2.45, 2.75) is 39.3 Å². The molecule has 18 heavy (non-hydrogen) atoms. The van der Waals surface area contributed by atoms with E-state index in [0.717, 1.165) is 12.1 Å². The lowest BCUT2D eigenvalue weighted by Crippen LogP contribution is -2.12. The standard InChI is InChI=1S/C15H20N2O/c1-15(2,3)14-7-12(6-13(8-14)10-18)9-17-5-4-16-11-17/h4-8,11,18H,9-10H2,1-3H3. The maximum Gasteiger partial charge on any atom is 0.0949 e. The average Bonchev–Trinajstić information content (AvgIpc) is 2.80. The van der Waals surface area contributed by atoms with Crippen molar-refractivity contribution in [3.63, 3.8) is 0 Å². The van der Waals surface area contributed by atoms with Crippen LogP contribution < -0.4 is 0 Å². The van der Waals surface area contributed by atoms with Crippen LogP contribution in [0, 0.1) is 0 Å². The van der Waals surface area contributed by atoms with Gasteiger partial charge < -0.3 is 9.67 Å². The Bertz CT molecular complexity index is 510. The zero-order chi connectivity index (χ0) is 13.2. The van der Waals surface area contributed by atoms with Crippen LogP contribution in [0.3, 0.4) is 0 Å².